The number of aliphatic hydroxyl groups is 1. The van der Waals surface area contributed by atoms with Crippen molar-refractivity contribution in [1.29, 1.82) is 0 Å². The molecule has 1 aromatic carbocycles. The Morgan fingerprint density at radius 2 is 2.06 bits per heavy atom. The van der Waals surface area contributed by atoms with Gasteiger partial charge in [0.15, 0.2) is 5.71 Å². The van der Waals surface area contributed by atoms with Crippen LogP contribution in [-0.4, -0.2) is 42.5 Å². The molecule has 0 aliphatic carbocycles. The summed E-state index contributed by atoms with van der Waals surface area (Å²) in [6, 6.07) is 10.8. The lowest BCUT2D eigenvalue weighted by Gasteiger charge is -2.15. The Kier molecular flexibility index (Phi) is 9.66. The number of ether oxygens (including phenoxy) is 1. The maximum atomic E-state index is 12.3. The lowest BCUT2D eigenvalue weighted by Crippen LogP contribution is -2.29. The predicted molar refractivity (Wildman–Crippen MR) is 126 cm³/mol. The molecule has 1 atom stereocenters. The van der Waals surface area contributed by atoms with Crippen LogP contribution in [0, 0.1) is 0 Å². The van der Waals surface area contributed by atoms with Crippen molar-refractivity contribution < 1.29 is 19.5 Å². The molecule has 1 heterocycles. The number of hydrogen-bond donors (Lipinski definition) is 2. The van der Waals surface area contributed by atoms with Crippen molar-refractivity contribution in [3.8, 4) is 5.88 Å². The highest BCUT2D eigenvalue weighted by atomic mass is 35.5. The summed E-state index contributed by atoms with van der Waals surface area (Å²) >= 11 is 6.35. The summed E-state index contributed by atoms with van der Waals surface area (Å²) < 4.78 is 5.78. The van der Waals surface area contributed by atoms with Crippen LogP contribution in [0.4, 0.5) is 0 Å². The van der Waals surface area contributed by atoms with Crippen LogP contribution in [-0.2, 0) is 9.63 Å². The van der Waals surface area contributed by atoms with E-state index in [9.17, 15) is 9.90 Å². The SMILES string of the molecule is C=C/C(COc1ncc(C(O)c2ccccc2)cc1Cl)=C(\C=C/C)C(=N\OC)/C(=O)NC. The molecule has 2 rings (SSSR count). The molecule has 1 amide bonds. The predicted octanol–water partition coefficient (Wildman–Crippen LogP) is 4.00. The first-order valence-electron chi connectivity index (χ1n) is 9.79. The molecule has 8 heteroatoms. The Bertz CT molecular complexity index is 1030. The molecule has 0 radical (unpaired) electrons. The number of aromatic nitrogens is 1. The van der Waals surface area contributed by atoms with Crippen molar-refractivity contribution in [2.24, 2.45) is 5.16 Å². The zero-order valence-corrected chi connectivity index (χ0v) is 19.0. The van der Waals surface area contributed by atoms with Gasteiger partial charge in [0.1, 0.15) is 24.8 Å². The molecule has 0 fully saturated rings. The van der Waals surface area contributed by atoms with Gasteiger partial charge in [-0.05, 0) is 24.1 Å². The summed E-state index contributed by atoms with van der Waals surface area (Å²) in [6.07, 6.45) is 5.68. The van der Waals surface area contributed by atoms with Crippen LogP contribution in [0.5, 0.6) is 5.88 Å². The number of pyridine rings is 1. The van der Waals surface area contributed by atoms with E-state index in [1.807, 2.05) is 37.3 Å². The maximum absolute atomic E-state index is 12.3. The van der Waals surface area contributed by atoms with Crippen molar-refractivity contribution in [2.45, 2.75) is 13.0 Å². The van der Waals surface area contributed by atoms with Crippen molar-refractivity contribution in [2.75, 3.05) is 20.8 Å². The molecular formula is C24H26ClN3O4. The minimum absolute atomic E-state index is 0.0240. The summed E-state index contributed by atoms with van der Waals surface area (Å²) in [5.74, 6) is -0.241. The van der Waals surface area contributed by atoms with Crippen molar-refractivity contribution >= 4 is 23.2 Å². The molecular weight excluding hydrogens is 430 g/mol. The van der Waals surface area contributed by atoms with E-state index in [0.29, 0.717) is 16.7 Å². The van der Waals surface area contributed by atoms with Crippen LogP contribution in [0.25, 0.3) is 0 Å². The fourth-order valence-corrected chi connectivity index (χ4v) is 3.07. The van der Waals surface area contributed by atoms with Gasteiger partial charge in [0.05, 0.1) is 0 Å². The van der Waals surface area contributed by atoms with Crippen LogP contribution in [0.3, 0.4) is 0 Å². The third kappa shape index (κ3) is 6.29. The molecule has 0 aliphatic heterocycles. The van der Waals surface area contributed by atoms with E-state index in [0.717, 1.165) is 5.56 Å². The number of halogens is 1. The number of benzene rings is 1. The number of aliphatic hydroxyl groups excluding tert-OH is 1. The summed E-state index contributed by atoms with van der Waals surface area (Å²) in [4.78, 5) is 21.3. The molecule has 7 nitrogen and oxygen atoms in total. The number of hydrogen-bond acceptors (Lipinski definition) is 6. The fourth-order valence-electron chi connectivity index (χ4n) is 2.84. The molecule has 168 valence electrons. The monoisotopic (exact) mass is 455 g/mol. The topological polar surface area (TPSA) is 93.0 Å². The second-order valence-corrected chi connectivity index (χ2v) is 6.91. The third-order valence-corrected chi connectivity index (χ3v) is 4.70. The number of rotatable bonds is 10. The summed E-state index contributed by atoms with van der Waals surface area (Å²) in [5, 5.41) is 17.2. The second-order valence-electron chi connectivity index (χ2n) is 6.50. The highest BCUT2D eigenvalue weighted by Crippen LogP contribution is 2.29. The first-order chi connectivity index (χ1) is 15.5. The molecule has 0 bridgehead atoms. The molecule has 2 aromatic rings. The van der Waals surface area contributed by atoms with Crippen LogP contribution in [0.1, 0.15) is 24.2 Å². The van der Waals surface area contributed by atoms with Crippen LogP contribution in [0.2, 0.25) is 5.02 Å². The van der Waals surface area contributed by atoms with Gasteiger partial charge in [-0.1, -0.05) is 71.9 Å². The van der Waals surface area contributed by atoms with E-state index in [1.54, 1.807) is 24.3 Å². The molecule has 0 saturated carbocycles. The number of allylic oxidation sites excluding steroid dienone is 2. The standard InChI is InChI=1S/C24H26ClN3O4/c1-5-10-19(21(28-31-4)23(30)26-3)16(6-2)15-32-24-20(25)13-18(14-27-24)22(29)17-11-8-7-9-12-17/h5-14,22,29H,2,15H2,1,3-4H3,(H,26,30)/b10-5-,19-16-,28-21+. The number of carbonyl (C=O) groups is 1. The zero-order chi connectivity index (χ0) is 23.5. The minimum atomic E-state index is -0.861. The number of carbonyl (C=O) groups excluding carboxylic acids is 1. The maximum Gasteiger partial charge on any atom is 0.273 e. The van der Waals surface area contributed by atoms with Crippen LogP contribution >= 0.6 is 11.6 Å². The Morgan fingerprint density at radius 1 is 1.34 bits per heavy atom. The van der Waals surface area contributed by atoms with Gasteiger partial charge in [0.2, 0.25) is 5.88 Å². The van der Waals surface area contributed by atoms with Gasteiger partial charge in [-0.25, -0.2) is 4.98 Å². The van der Waals surface area contributed by atoms with E-state index in [4.69, 9.17) is 21.2 Å². The van der Waals surface area contributed by atoms with E-state index in [1.165, 1.54) is 20.4 Å². The van der Waals surface area contributed by atoms with Crippen molar-refractivity contribution in [3.05, 3.63) is 94.7 Å². The lowest BCUT2D eigenvalue weighted by molar-refractivity contribution is -0.114. The first kappa shape index (κ1) is 24.8. The van der Waals surface area contributed by atoms with Gasteiger partial charge in [-0.3, -0.25) is 4.79 Å². The Hall–Kier alpha value is -3.42. The Balaban J connectivity index is 2.30. The van der Waals surface area contributed by atoms with Gasteiger partial charge in [-0.15, -0.1) is 0 Å². The highest BCUT2D eigenvalue weighted by molar-refractivity contribution is 6.46. The van der Waals surface area contributed by atoms with Gasteiger partial charge in [-0.2, -0.15) is 0 Å². The normalized spacial score (nSPS) is 13.3. The number of nitrogens with one attached hydrogen (secondary N) is 1. The van der Waals surface area contributed by atoms with E-state index < -0.39 is 12.0 Å². The fraction of sp³-hybridized carbons (Fsp3) is 0.208. The molecule has 0 aliphatic rings. The Labute approximate surface area is 192 Å². The smallest absolute Gasteiger partial charge is 0.273 e. The summed E-state index contributed by atoms with van der Waals surface area (Å²) in [6.45, 7) is 5.65. The molecule has 0 saturated heterocycles. The number of oxime groups is 1. The van der Waals surface area contributed by atoms with Crippen molar-refractivity contribution in [3.63, 3.8) is 0 Å². The molecule has 1 aromatic heterocycles. The lowest BCUT2D eigenvalue weighted by atomic mass is 10.0. The van der Waals surface area contributed by atoms with E-state index in [2.05, 4.69) is 22.0 Å². The minimum Gasteiger partial charge on any atom is -0.472 e. The number of nitrogens with zero attached hydrogens (tertiary/aromatic N) is 2. The van der Waals surface area contributed by atoms with Gasteiger partial charge in [0.25, 0.3) is 5.91 Å². The van der Waals surface area contributed by atoms with Crippen molar-refractivity contribution in [1.82, 2.24) is 10.3 Å². The van der Waals surface area contributed by atoms with Crippen LogP contribution in [0.15, 0.2) is 83.7 Å². The van der Waals surface area contributed by atoms with Gasteiger partial charge in [0, 0.05) is 24.4 Å². The summed E-state index contributed by atoms with van der Waals surface area (Å²) in [7, 11) is 2.86. The highest BCUT2D eigenvalue weighted by Gasteiger charge is 2.19. The molecule has 1 unspecified atom stereocenters. The summed E-state index contributed by atoms with van der Waals surface area (Å²) in [5.41, 5.74) is 2.40. The number of amides is 1. The molecule has 2 N–H and O–H groups in total. The van der Waals surface area contributed by atoms with Gasteiger partial charge < -0.3 is 20.0 Å². The van der Waals surface area contributed by atoms with Gasteiger partial charge >= 0.3 is 0 Å². The second kappa shape index (κ2) is 12.4. The average Bonchev–Trinajstić information content (AvgIpc) is 2.82. The quantitative estimate of drug-likeness (QED) is 0.321. The zero-order valence-electron chi connectivity index (χ0n) is 18.2. The largest absolute Gasteiger partial charge is 0.472 e. The Morgan fingerprint density at radius 3 is 2.62 bits per heavy atom. The first-order valence-corrected chi connectivity index (χ1v) is 10.2. The average molecular weight is 456 g/mol. The molecule has 0 spiro atoms. The van der Waals surface area contributed by atoms with E-state index in [-0.39, 0.29) is 23.2 Å². The molecule has 32 heavy (non-hydrogen) atoms. The van der Waals surface area contributed by atoms with E-state index >= 15 is 0 Å². The third-order valence-electron chi connectivity index (χ3n) is 4.43. The van der Waals surface area contributed by atoms with Crippen LogP contribution < -0.4 is 10.1 Å².